The minimum Gasteiger partial charge on any atom is -0.380 e. The van der Waals surface area contributed by atoms with Gasteiger partial charge in [0.2, 0.25) is 0 Å². The lowest BCUT2D eigenvalue weighted by Gasteiger charge is -2.00. The summed E-state index contributed by atoms with van der Waals surface area (Å²) in [5, 5.41) is 9.15. The van der Waals surface area contributed by atoms with Crippen molar-refractivity contribution in [2.75, 3.05) is 0 Å². The van der Waals surface area contributed by atoms with Gasteiger partial charge in [0.05, 0.1) is 0 Å². The van der Waals surface area contributed by atoms with E-state index in [4.69, 9.17) is 5.11 Å². The Morgan fingerprint density at radius 1 is 1.50 bits per heavy atom. The van der Waals surface area contributed by atoms with Crippen LogP contribution in [0.5, 0.6) is 0 Å². The van der Waals surface area contributed by atoms with Gasteiger partial charge in [0, 0.05) is 15.9 Å². The fourth-order valence-corrected chi connectivity index (χ4v) is 0.890. The fourth-order valence-electron chi connectivity index (χ4n) is 0.776. The summed E-state index contributed by atoms with van der Waals surface area (Å²) in [7, 11) is 0. The summed E-state index contributed by atoms with van der Waals surface area (Å²) >= 11 is 2.07. The molecule has 1 N–H and O–H groups in total. The summed E-state index contributed by atoms with van der Waals surface area (Å²) in [5.74, 6) is 3.70. The van der Waals surface area contributed by atoms with E-state index in [-0.39, 0.29) is 0 Å². The Hall–Kier alpha value is -0.400. The van der Waals surface area contributed by atoms with E-state index in [0.29, 0.717) is 12.8 Å². The molecule has 0 heterocycles. The van der Waals surface area contributed by atoms with Crippen molar-refractivity contribution in [3.63, 3.8) is 0 Å². The molecule has 0 aliphatic carbocycles. The molecule has 14 heavy (non-hydrogen) atoms. The summed E-state index contributed by atoms with van der Waals surface area (Å²) in [6, 6.07) is 0. The highest BCUT2D eigenvalue weighted by molar-refractivity contribution is 9.10. The molecule has 0 fully saturated rings. The number of alkyl halides is 3. The van der Waals surface area contributed by atoms with Gasteiger partial charge in [-0.2, -0.15) is 8.78 Å². The average Bonchev–Trinajstić information content (AvgIpc) is 2.08. The first-order valence-electron chi connectivity index (χ1n) is 4.38. The lowest BCUT2D eigenvalue weighted by Crippen LogP contribution is -2.05. The van der Waals surface area contributed by atoms with Gasteiger partial charge in [-0.1, -0.05) is 25.0 Å². The lowest BCUT2D eigenvalue weighted by atomic mass is 10.2. The predicted octanol–water partition coefficient (Wildman–Crippen LogP) is 3.08. The van der Waals surface area contributed by atoms with Gasteiger partial charge in [0.15, 0.2) is 0 Å². The maximum absolute atomic E-state index is 12.1. The Kier molecular flexibility index (Phi) is 6.77. The Balaban J connectivity index is 3.79. The van der Waals surface area contributed by atoms with Crippen molar-refractivity contribution in [2.45, 2.75) is 37.1 Å². The first-order chi connectivity index (χ1) is 6.45. The summed E-state index contributed by atoms with van der Waals surface area (Å²) in [4.78, 5) is -3.20. The maximum atomic E-state index is 12.1. The summed E-state index contributed by atoms with van der Waals surface area (Å²) < 4.78 is 24.3. The average molecular weight is 267 g/mol. The van der Waals surface area contributed by atoms with E-state index in [1.54, 1.807) is 5.92 Å². The summed E-state index contributed by atoms with van der Waals surface area (Å²) in [6.07, 6.45) is 4.84. The molecule has 4 heteroatoms. The monoisotopic (exact) mass is 266 g/mol. The normalized spacial score (nSPS) is 13.8. The van der Waals surface area contributed by atoms with E-state index in [1.807, 2.05) is 19.1 Å². The van der Waals surface area contributed by atoms with Gasteiger partial charge < -0.3 is 5.11 Å². The first-order valence-corrected chi connectivity index (χ1v) is 5.17. The number of aliphatic hydroxyl groups excluding tert-OH is 1. The number of allylic oxidation sites excluding steroid dienone is 2. The minimum atomic E-state index is -3.20. The van der Waals surface area contributed by atoms with Crippen molar-refractivity contribution in [3.05, 3.63) is 12.2 Å². The van der Waals surface area contributed by atoms with Gasteiger partial charge in [0.1, 0.15) is 6.10 Å². The van der Waals surface area contributed by atoms with Crippen molar-refractivity contribution in [2.24, 2.45) is 0 Å². The highest BCUT2D eigenvalue weighted by Gasteiger charge is 2.19. The third-order valence-corrected chi connectivity index (χ3v) is 1.59. The van der Waals surface area contributed by atoms with Gasteiger partial charge in [-0.15, -0.1) is 0 Å². The number of rotatable bonds is 4. The molecule has 1 nitrogen and oxygen atoms in total. The maximum Gasteiger partial charge on any atom is 0.363 e. The van der Waals surface area contributed by atoms with Gasteiger partial charge in [0.25, 0.3) is 0 Å². The topological polar surface area (TPSA) is 20.2 Å². The van der Waals surface area contributed by atoms with Gasteiger partial charge >= 0.3 is 4.83 Å². The molecule has 0 aromatic carbocycles. The molecule has 0 radical (unpaired) electrons. The molecule has 0 spiro atoms. The van der Waals surface area contributed by atoms with E-state index >= 15 is 0 Å². The van der Waals surface area contributed by atoms with Crippen molar-refractivity contribution in [3.8, 4) is 11.8 Å². The van der Waals surface area contributed by atoms with Crippen LogP contribution in [0.4, 0.5) is 8.78 Å². The summed E-state index contributed by atoms with van der Waals surface area (Å²) in [5.41, 5.74) is 0. The van der Waals surface area contributed by atoms with Crippen molar-refractivity contribution < 1.29 is 13.9 Å². The molecule has 0 aromatic rings. The van der Waals surface area contributed by atoms with Crippen LogP contribution in [0.2, 0.25) is 0 Å². The molecule has 0 saturated carbocycles. The van der Waals surface area contributed by atoms with Crippen molar-refractivity contribution in [1.29, 1.82) is 0 Å². The zero-order valence-corrected chi connectivity index (χ0v) is 9.52. The molecule has 1 unspecified atom stereocenters. The standard InChI is InChI=1S/C10H13BrF2O/c1-2-3-4-5-6-9(14)7-8-10(11,12)13/h3-4,9,14H,2,5-6H2,1H3. The Bertz CT molecular complexity index is 235. The highest BCUT2D eigenvalue weighted by atomic mass is 79.9. The lowest BCUT2D eigenvalue weighted by molar-refractivity contribution is 0.179. The van der Waals surface area contributed by atoms with Gasteiger partial charge in [-0.05, 0) is 25.2 Å². The number of aliphatic hydroxyl groups is 1. The van der Waals surface area contributed by atoms with Crippen LogP contribution in [0.15, 0.2) is 12.2 Å². The number of hydrogen-bond acceptors (Lipinski definition) is 1. The smallest absolute Gasteiger partial charge is 0.363 e. The van der Waals surface area contributed by atoms with Crippen LogP contribution in [0.3, 0.4) is 0 Å². The third-order valence-electron chi connectivity index (χ3n) is 1.39. The zero-order valence-electron chi connectivity index (χ0n) is 7.93. The molecule has 0 bridgehead atoms. The highest BCUT2D eigenvalue weighted by Crippen LogP contribution is 2.19. The molecule has 1 atom stereocenters. The van der Waals surface area contributed by atoms with Crippen molar-refractivity contribution >= 4 is 15.9 Å². The predicted molar refractivity (Wildman–Crippen MR) is 56.3 cm³/mol. The van der Waals surface area contributed by atoms with E-state index in [0.717, 1.165) is 6.42 Å². The Morgan fingerprint density at radius 3 is 2.64 bits per heavy atom. The minimum absolute atomic E-state index is 0.382. The molecular formula is C10H13BrF2O. The van der Waals surface area contributed by atoms with E-state index in [2.05, 4.69) is 21.9 Å². The molecule has 0 rings (SSSR count). The number of hydrogen-bond donors (Lipinski definition) is 1. The molecule has 0 aliphatic rings. The SMILES string of the molecule is CCC=CCCC(O)C#CC(F)(F)Br. The molecule has 0 amide bonds. The largest absolute Gasteiger partial charge is 0.380 e. The number of halogens is 3. The zero-order chi connectivity index (χ0) is 11.0. The van der Waals surface area contributed by atoms with Crippen LogP contribution in [0, 0.1) is 11.8 Å². The van der Waals surface area contributed by atoms with E-state index in [9.17, 15) is 8.78 Å². The molecular weight excluding hydrogens is 254 g/mol. The van der Waals surface area contributed by atoms with Crippen LogP contribution in [-0.2, 0) is 0 Å². The van der Waals surface area contributed by atoms with Crippen LogP contribution in [0.25, 0.3) is 0 Å². The molecule has 0 aromatic heterocycles. The second-order valence-corrected chi connectivity index (χ2v) is 3.74. The van der Waals surface area contributed by atoms with E-state index in [1.165, 1.54) is 0 Å². The Labute approximate surface area is 91.3 Å². The molecule has 80 valence electrons. The van der Waals surface area contributed by atoms with Gasteiger partial charge in [-0.3, -0.25) is 0 Å². The van der Waals surface area contributed by atoms with Crippen molar-refractivity contribution in [1.82, 2.24) is 0 Å². The Morgan fingerprint density at radius 2 is 2.14 bits per heavy atom. The van der Waals surface area contributed by atoms with Crippen LogP contribution >= 0.6 is 15.9 Å². The third kappa shape index (κ3) is 9.69. The molecule has 0 aliphatic heterocycles. The van der Waals surface area contributed by atoms with Crippen LogP contribution in [-0.4, -0.2) is 16.0 Å². The van der Waals surface area contributed by atoms with Crippen LogP contribution < -0.4 is 0 Å². The second-order valence-electron chi connectivity index (χ2n) is 2.74. The summed E-state index contributed by atoms with van der Waals surface area (Å²) in [6.45, 7) is 2.00. The molecule has 0 saturated heterocycles. The first kappa shape index (κ1) is 13.6. The van der Waals surface area contributed by atoms with Gasteiger partial charge in [-0.25, -0.2) is 0 Å². The fraction of sp³-hybridized carbons (Fsp3) is 0.600. The quantitative estimate of drug-likeness (QED) is 0.471. The second kappa shape index (κ2) is 6.97. The van der Waals surface area contributed by atoms with Crippen LogP contribution in [0.1, 0.15) is 26.2 Å². The van der Waals surface area contributed by atoms with E-state index < -0.39 is 10.9 Å².